The van der Waals surface area contributed by atoms with Gasteiger partial charge in [-0.3, -0.25) is 4.79 Å². The second-order valence-electron chi connectivity index (χ2n) is 5.97. The molecule has 2 heterocycles. The minimum absolute atomic E-state index is 0.372. The van der Waals surface area contributed by atoms with Crippen molar-refractivity contribution in [3.8, 4) is 11.4 Å². The Kier molecular flexibility index (Phi) is 4.37. The van der Waals surface area contributed by atoms with E-state index in [9.17, 15) is 9.18 Å². The van der Waals surface area contributed by atoms with Gasteiger partial charge in [-0.2, -0.15) is 5.10 Å². The Balaban J connectivity index is 1.80. The first kappa shape index (κ1) is 17.2. The van der Waals surface area contributed by atoms with Gasteiger partial charge in [0.2, 0.25) is 0 Å². The van der Waals surface area contributed by atoms with Gasteiger partial charge in [0.05, 0.1) is 40.8 Å². The fourth-order valence-electron chi connectivity index (χ4n) is 3.05. The number of benzene rings is 2. The molecule has 0 fully saturated rings. The van der Waals surface area contributed by atoms with Crippen LogP contribution in [0.2, 0.25) is 0 Å². The van der Waals surface area contributed by atoms with Crippen molar-refractivity contribution in [2.45, 2.75) is 0 Å². The smallest absolute Gasteiger partial charge is 0.160 e. The Morgan fingerprint density at radius 2 is 2.04 bits per heavy atom. The van der Waals surface area contributed by atoms with Crippen LogP contribution in [0, 0.1) is 5.82 Å². The van der Waals surface area contributed by atoms with E-state index in [4.69, 9.17) is 4.74 Å². The molecule has 136 valence electrons. The van der Waals surface area contributed by atoms with Crippen LogP contribution in [0.4, 0.5) is 15.8 Å². The van der Waals surface area contributed by atoms with Crippen LogP contribution in [-0.2, 0) is 0 Å². The van der Waals surface area contributed by atoms with Crippen molar-refractivity contribution in [1.82, 2.24) is 9.78 Å². The number of aromatic nitrogens is 2. The Morgan fingerprint density at radius 1 is 1.22 bits per heavy atom. The minimum atomic E-state index is -0.372. The van der Waals surface area contributed by atoms with Crippen molar-refractivity contribution in [3.63, 3.8) is 0 Å². The minimum Gasteiger partial charge on any atom is -0.495 e. The summed E-state index contributed by atoms with van der Waals surface area (Å²) in [6.07, 6.45) is 2.48. The predicted octanol–water partition coefficient (Wildman–Crippen LogP) is 4.82. The molecular formula is C20H16FN3O2S. The molecule has 5 nitrogen and oxygen atoms in total. The zero-order chi connectivity index (χ0) is 19.0. The molecule has 0 bridgehead atoms. The molecule has 0 unspecified atom stereocenters. The van der Waals surface area contributed by atoms with E-state index in [-0.39, 0.29) is 5.82 Å². The number of carbonyl (C=O) groups is 1. The van der Waals surface area contributed by atoms with Gasteiger partial charge in [-0.15, -0.1) is 11.3 Å². The standard InChI is InChI=1S/C20H16FN3O2S/c1-23(17-5-3-4-6-20(17)26-2)19-7-13-10-22-24(18(13)9-16(19)21)14-8-15(11-25)27-12-14/h3-12H,1-2H3. The van der Waals surface area contributed by atoms with Gasteiger partial charge in [0.15, 0.2) is 6.29 Å². The van der Waals surface area contributed by atoms with Gasteiger partial charge >= 0.3 is 0 Å². The number of methoxy groups -OCH3 is 1. The molecule has 2 aromatic carbocycles. The first-order valence-corrected chi connectivity index (χ1v) is 9.08. The molecule has 0 atom stereocenters. The van der Waals surface area contributed by atoms with Crippen LogP contribution in [0.3, 0.4) is 0 Å². The number of ether oxygens (including phenoxy) is 1. The molecule has 7 heteroatoms. The third-order valence-corrected chi connectivity index (χ3v) is 5.26. The summed E-state index contributed by atoms with van der Waals surface area (Å²) in [5.74, 6) is 0.290. The van der Waals surface area contributed by atoms with E-state index in [0.29, 0.717) is 21.8 Å². The molecular weight excluding hydrogens is 365 g/mol. The van der Waals surface area contributed by atoms with Crippen molar-refractivity contribution in [2.24, 2.45) is 0 Å². The van der Waals surface area contributed by atoms with Gasteiger partial charge in [0.1, 0.15) is 11.6 Å². The zero-order valence-corrected chi connectivity index (χ0v) is 15.5. The van der Waals surface area contributed by atoms with E-state index in [1.54, 1.807) is 42.1 Å². The lowest BCUT2D eigenvalue weighted by Crippen LogP contribution is -2.12. The molecule has 0 N–H and O–H groups in total. The van der Waals surface area contributed by atoms with E-state index in [1.807, 2.05) is 29.6 Å². The molecule has 0 amide bonds. The highest BCUT2D eigenvalue weighted by molar-refractivity contribution is 7.12. The monoisotopic (exact) mass is 381 g/mol. The molecule has 0 aliphatic heterocycles. The van der Waals surface area contributed by atoms with Gasteiger partial charge in [0, 0.05) is 23.9 Å². The average Bonchev–Trinajstić information content (AvgIpc) is 3.33. The number of nitrogens with zero attached hydrogens (tertiary/aromatic N) is 3. The van der Waals surface area contributed by atoms with Crippen molar-refractivity contribution in [2.75, 3.05) is 19.1 Å². The van der Waals surface area contributed by atoms with Crippen molar-refractivity contribution >= 4 is 39.9 Å². The van der Waals surface area contributed by atoms with Crippen LogP contribution in [0.5, 0.6) is 5.75 Å². The van der Waals surface area contributed by atoms with Gasteiger partial charge in [-0.25, -0.2) is 9.07 Å². The van der Waals surface area contributed by atoms with E-state index >= 15 is 0 Å². The number of aldehydes is 1. The highest BCUT2D eigenvalue weighted by atomic mass is 32.1. The largest absolute Gasteiger partial charge is 0.495 e. The summed E-state index contributed by atoms with van der Waals surface area (Å²) in [6.45, 7) is 0. The molecule has 2 aromatic heterocycles. The summed E-state index contributed by atoms with van der Waals surface area (Å²) in [5, 5.41) is 6.98. The third-order valence-electron chi connectivity index (χ3n) is 4.41. The van der Waals surface area contributed by atoms with Gasteiger partial charge in [-0.05, 0) is 24.3 Å². The first-order chi connectivity index (χ1) is 13.1. The van der Waals surface area contributed by atoms with E-state index in [2.05, 4.69) is 5.10 Å². The molecule has 0 saturated heterocycles. The number of carbonyl (C=O) groups excluding carboxylic acids is 1. The van der Waals surface area contributed by atoms with Crippen molar-refractivity contribution in [3.05, 3.63) is 64.7 Å². The quantitative estimate of drug-likeness (QED) is 0.465. The van der Waals surface area contributed by atoms with Crippen LogP contribution in [0.25, 0.3) is 16.6 Å². The normalized spacial score (nSPS) is 10.9. The highest BCUT2D eigenvalue weighted by Crippen LogP contribution is 2.35. The summed E-state index contributed by atoms with van der Waals surface area (Å²) in [6, 6.07) is 12.4. The Labute approximate surface area is 159 Å². The third kappa shape index (κ3) is 2.96. The second kappa shape index (κ2) is 6.85. The Bertz CT molecular complexity index is 1140. The fraction of sp³-hybridized carbons (Fsp3) is 0.100. The zero-order valence-electron chi connectivity index (χ0n) is 14.7. The average molecular weight is 381 g/mol. The van der Waals surface area contributed by atoms with Crippen LogP contribution in [-0.4, -0.2) is 30.2 Å². The highest BCUT2D eigenvalue weighted by Gasteiger charge is 2.17. The van der Waals surface area contributed by atoms with Crippen LogP contribution >= 0.6 is 11.3 Å². The van der Waals surface area contributed by atoms with E-state index in [1.165, 1.54) is 17.4 Å². The molecule has 0 spiro atoms. The van der Waals surface area contributed by atoms with Crippen molar-refractivity contribution < 1.29 is 13.9 Å². The molecule has 27 heavy (non-hydrogen) atoms. The number of halogens is 1. The van der Waals surface area contributed by atoms with Gasteiger partial charge in [-0.1, -0.05) is 12.1 Å². The van der Waals surface area contributed by atoms with Crippen LogP contribution < -0.4 is 9.64 Å². The predicted molar refractivity (Wildman–Crippen MR) is 105 cm³/mol. The number of fused-ring (bicyclic) bond motifs is 1. The maximum absolute atomic E-state index is 15.0. The Morgan fingerprint density at radius 3 is 2.78 bits per heavy atom. The number of para-hydroxylation sites is 2. The number of thiophene rings is 1. The lowest BCUT2D eigenvalue weighted by molar-refractivity contribution is 0.112. The lowest BCUT2D eigenvalue weighted by atomic mass is 10.2. The van der Waals surface area contributed by atoms with Gasteiger partial charge < -0.3 is 9.64 Å². The number of hydrogen-bond acceptors (Lipinski definition) is 5. The van der Waals surface area contributed by atoms with E-state index in [0.717, 1.165) is 23.0 Å². The molecule has 0 saturated carbocycles. The Hall–Kier alpha value is -3.19. The molecule has 4 aromatic rings. The summed E-state index contributed by atoms with van der Waals surface area (Å²) < 4.78 is 22.0. The SMILES string of the molecule is COc1ccccc1N(C)c1cc2cnn(-c3csc(C=O)c3)c2cc1F. The number of rotatable bonds is 5. The van der Waals surface area contributed by atoms with Gasteiger partial charge in [0.25, 0.3) is 0 Å². The molecule has 0 aliphatic carbocycles. The summed E-state index contributed by atoms with van der Waals surface area (Å²) in [5.41, 5.74) is 2.56. The second-order valence-corrected chi connectivity index (χ2v) is 6.92. The molecule has 0 aliphatic rings. The van der Waals surface area contributed by atoms with Crippen LogP contribution in [0.1, 0.15) is 9.67 Å². The number of anilines is 2. The van der Waals surface area contributed by atoms with Crippen LogP contribution in [0.15, 0.2) is 54.0 Å². The molecule has 4 rings (SSSR count). The summed E-state index contributed by atoms with van der Waals surface area (Å²) in [7, 11) is 3.38. The van der Waals surface area contributed by atoms with E-state index < -0.39 is 0 Å². The summed E-state index contributed by atoms with van der Waals surface area (Å²) in [4.78, 5) is 13.3. The maximum atomic E-state index is 15.0. The lowest BCUT2D eigenvalue weighted by Gasteiger charge is -2.22. The molecule has 0 radical (unpaired) electrons. The number of hydrogen-bond donors (Lipinski definition) is 0. The summed E-state index contributed by atoms with van der Waals surface area (Å²) >= 11 is 1.33. The first-order valence-electron chi connectivity index (χ1n) is 8.20. The maximum Gasteiger partial charge on any atom is 0.160 e. The fourth-order valence-corrected chi connectivity index (χ4v) is 3.72. The van der Waals surface area contributed by atoms with Crippen molar-refractivity contribution in [1.29, 1.82) is 0 Å². The topological polar surface area (TPSA) is 47.4 Å².